The zero-order valence-corrected chi connectivity index (χ0v) is 22.9. The van der Waals surface area contributed by atoms with E-state index in [2.05, 4.69) is 27.8 Å². The van der Waals surface area contributed by atoms with Gasteiger partial charge in [-0.05, 0) is 63.1 Å². The number of allylic oxidation sites excluding steroid dienone is 6. The summed E-state index contributed by atoms with van der Waals surface area (Å²) in [6.45, 7) is 8.47. The molecule has 1 amide bonds. The van der Waals surface area contributed by atoms with Crippen LogP contribution >= 0.6 is 11.6 Å². The van der Waals surface area contributed by atoms with Crippen LogP contribution in [0.15, 0.2) is 72.5 Å². The van der Waals surface area contributed by atoms with Crippen molar-refractivity contribution in [1.82, 2.24) is 24.1 Å². The Morgan fingerprint density at radius 2 is 1.89 bits per heavy atom. The Hall–Kier alpha value is -3.13. The molecule has 1 atom stereocenters. The second-order valence-electron chi connectivity index (χ2n) is 10.3. The molecule has 1 saturated heterocycles. The highest BCUT2D eigenvalue weighted by Crippen LogP contribution is 2.28. The predicted molar refractivity (Wildman–Crippen MR) is 152 cm³/mol. The Bertz CT molecular complexity index is 1350. The number of aryl methyl sites for hydroxylation is 1. The summed E-state index contributed by atoms with van der Waals surface area (Å²) in [5.41, 5.74) is 5.16. The molecule has 0 bridgehead atoms. The van der Waals surface area contributed by atoms with Crippen molar-refractivity contribution in [2.75, 3.05) is 32.8 Å². The van der Waals surface area contributed by atoms with Gasteiger partial charge in [-0.2, -0.15) is 0 Å². The minimum absolute atomic E-state index is 0.0926. The van der Waals surface area contributed by atoms with Crippen molar-refractivity contribution in [2.24, 2.45) is 0 Å². The number of pyridine rings is 1. The lowest BCUT2D eigenvalue weighted by atomic mass is 10.0. The van der Waals surface area contributed by atoms with Crippen LogP contribution in [0.4, 0.5) is 0 Å². The lowest BCUT2D eigenvalue weighted by Gasteiger charge is -2.42. The van der Waals surface area contributed by atoms with E-state index in [0.717, 1.165) is 67.2 Å². The molecular weight excluding hydrogens is 498 g/mol. The molecule has 3 aliphatic heterocycles. The van der Waals surface area contributed by atoms with Crippen molar-refractivity contribution in [3.05, 3.63) is 88.8 Å². The van der Waals surface area contributed by atoms with E-state index in [1.54, 1.807) is 11.0 Å². The van der Waals surface area contributed by atoms with E-state index in [1.165, 1.54) is 12.8 Å². The van der Waals surface area contributed by atoms with Gasteiger partial charge < -0.3 is 14.4 Å². The Labute approximate surface area is 229 Å². The average Bonchev–Trinajstić information content (AvgIpc) is 3.28. The Kier molecular flexibility index (Phi) is 8.17. The van der Waals surface area contributed by atoms with E-state index in [1.807, 2.05) is 60.3 Å². The molecule has 0 aliphatic carbocycles. The zero-order chi connectivity index (χ0) is 26.6. The molecule has 0 saturated carbocycles. The van der Waals surface area contributed by atoms with Gasteiger partial charge in [0.05, 0.1) is 16.4 Å². The second kappa shape index (κ2) is 11.7. The minimum Gasteiger partial charge on any atom is -0.396 e. The topological polar surface area (TPSA) is 64.3 Å². The van der Waals surface area contributed by atoms with Gasteiger partial charge in [-0.1, -0.05) is 36.6 Å². The first-order chi connectivity index (χ1) is 18.4. The molecule has 0 unspecified atom stereocenters. The van der Waals surface area contributed by atoms with Crippen molar-refractivity contribution in [3.63, 3.8) is 0 Å². The van der Waals surface area contributed by atoms with Crippen LogP contribution in [0, 0.1) is 6.92 Å². The number of carbonyl (C=O) groups is 1. The third-order valence-corrected chi connectivity index (χ3v) is 7.75. The van der Waals surface area contributed by atoms with Crippen LogP contribution < -0.4 is 0 Å². The summed E-state index contributed by atoms with van der Waals surface area (Å²) < 4.78 is 1.91. The van der Waals surface area contributed by atoms with Gasteiger partial charge in [0.25, 0.3) is 5.91 Å². The SMILES string of the molecule is Cc1cn2cc(C3=C\C(=O)N4C=C(N5CCN(CCCCCCO)[C@@H](C)C5)C=C\C4=C/C=C/3)cc(Cl)c2n1. The molecule has 5 rings (SSSR count). The van der Waals surface area contributed by atoms with E-state index in [9.17, 15) is 4.79 Å². The van der Waals surface area contributed by atoms with Gasteiger partial charge in [-0.25, -0.2) is 4.98 Å². The number of carbonyl (C=O) groups excluding carboxylic acids is 1. The number of piperazine rings is 1. The van der Waals surface area contributed by atoms with Crippen LogP contribution in [0.3, 0.4) is 0 Å². The molecule has 2 aromatic rings. The van der Waals surface area contributed by atoms with Crippen LogP contribution in [-0.2, 0) is 4.79 Å². The number of hydrogen-bond donors (Lipinski definition) is 1. The van der Waals surface area contributed by atoms with Gasteiger partial charge in [0, 0.05) is 68.2 Å². The van der Waals surface area contributed by atoms with Gasteiger partial charge in [-0.15, -0.1) is 0 Å². The predicted octanol–water partition coefficient (Wildman–Crippen LogP) is 4.93. The fourth-order valence-electron chi connectivity index (χ4n) is 5.37. The average molecular weight is 534 g/mol. The molecule has 0 aromatic carbocycles. The molecule has 0 spiro atoms. The van der Waals surface area contributed by atoms with Crippen LogP contribution in [0.5, 0.6) is 0 Å². The van der Waals surface area contributed by atoms with Gasteiger partial charge >= 0.3 is 0 Å². The summed E-state index contributed by atoms with van der Waals surface area (Å²) >= 11 is 6.51. The number of hydrogen-bond acceptors (Lipinski definition) is 5. The van der Waals surface area contributed by atoms with Crippen LogP contribution in [0.2, 0.25) is 5.02 Å². The third kappa shape index (κ3) is 5.80. The maximum absolute atomic E-state index is 13.5. The van der Waals surface area contributed by atoms with Gasteiger partial charge in [0.2, 0.25) is 0 Å². The molecule has 1 fully saturated rings. The number of unbranched alkanes of at least 4 members (excludes halogenated alkanes) is 3. The van der Waals surface area contributed by atoms with Crippen LogP contribution in [0.1, 0.15) is 43.9 Å². The molecule has 2 aromatic heterocycles. The van der Waals surface area contributed by atoms with Gasteiger partial charge in [0.15, 0.2) is 5.65 Å². The maximum Gasteiger partial charge on any atom is 0.255 e. The first-order valence-electron chi connectivity index (χ1n) is 13.5. The van der Waals surface area contributed by atoms with Crippen molar-refractivity contribution >= 4 is 28.7 Å². The largest absolute Gasteiger partial charge is 0.396 e. The number of imidazole rings is 1. The highest BCUT2D eigenvalue weighted by Gasteiger charge is 2.27. The first kappa shape index (κ1) is 26.5. The highest BCUT2D eigenvalue weighted by molar-refractivity contribution is 6.33. The highest BCUT2D eigenvalue weighted by atomic mass is 35.5. The number of rotatable bonds is 8. The summed E-state index contributed by atoms with van der Waals surface area (Å²) in [5.74, 6) is -0.0926. The number of nitrogens with zero attached hydrogens (tertiary/aromatic N) is 5. The summed E-state index contributed by atoms with van der Waals surface area (Å²) in [4.78, 5) is 24.6. The Morgan fingerprint density at radius 3 is 2.71 bits per heavy atom. The molecule has 8 heteroatoms. The number of aromatic nitrogens is 2. The fourth-order valence-corrected chi connectivity index (χ4v) is 5.63. The Morgan fingerprint density at radius 1 is 1.08 bits per heavy atom. The maximum atomic E-state index is 13.5. The van der Waals surface area contributed by atoms with E-state index >= 15 is 0 Å². The molecule has 38 heavy (non-hydrogen) atoms. The standard InChI is InChI=1S/C30H36ClN5O2/c1-22-18-35-20-25(16-28(31)30(35)32-22)24-8-7-9-26-10-11-27(21-36(26)29(38)17-24)34-14-13-33(23(2)19-34)12-5-3-4-6-15-37/h7-11,16-18,20-21,23,37H,3-6,12-15,19H2,1-2H3/b8-7+,24-17+,26-9+/t23-/m0/s1. The van der Waals surface area contributed by atoms with E-state index in [0.29, 0.717) is 16.7 Å². The zero-order valence-electron chi connectivity index (χ0n) is 22.2. The fraction of sp³-hybridized carbons (Fsp3) is 0.400. The van der Waals surface area contributed by atoms with Crippen molar-refractivity contribution in [1.29, 1.82) is 0 Å². The number of halogens is 1. The quantitative estimate of drug-likeness (QED) is 0.487. The Balaban J connectivity index is 1.30. The number of amides is 1. The summed E-state index contributed by atoms with van der Waals surface area (Å²) in [5, 5.41) is 9.52. The summed E-state index contributed by atoms with van der Waals surface area (Å²) in [6, 6.07) is 2.31. The molecule has 200 valence electrons. The van der Waals surface area contributed by atoms with E-state index in [-0.39, 0.29) is 12.5 Å². The van der Waals surface area contributed by atoms with Crippen molar-refractivity contribution < 1.29 is 9.90 Å². The molecule has 5 heterocycles. The third-order valence-electron chi connectivity index (χ3n) is 7.47. The van der Waals surface area contributed by atoms with Crippen molar-refractivity contribution in [3.8, 4) is 0 Å². The smallest absolute Gasteiger partial charge is 0.255 e. The lowest BCUT2D eigenvalue weighted by Crippen LogP contribution is -2.51. The minimum atomic E-state index is -0.0926. The molecule has 7 nitrogen and oxygen atoms in total. The number of fused-ring (bicyclic) bond motifs is 2. The van der Waals surface area contributed by atoms with E-state index < -0.39 is 0 Å². The van der Waals surface area contributed by atoms with E-state index in [4.69, 9.17) is 16.7 Å². The normalized spacial score (nSPS) is 23.8. The van der Waals surface area contributed by atoms with Crippen LogP contribution in [-0.4, -0.2) is 73.9 Å². The van der Waals surface area contributed by atoms with Gasteiger partial charge in [0.1, 0.15) is 0 Å². The first-order valence-corrected chi connectivity index (χ1v) is 13.9. The molecule has 1 N–H and O–H groups in total. The molecule has 0 radical (unpaired) electrons. The number of aliphatic hydroxyl groups excluding tert-OH is 1. The monoisotopic (exact) mass is 533 g/mol. The molecule has 3 aliphatic rings. The van der Waals surface area contributed by atoms with Crippen molar-refractivity contribution in [2.45, 2.75) is 45.6 Å². The summed E-state index contributed by atoms with van der Waals surface area (Å²) in [7, 11) is 0. The summed E-state index contributed by atoms with van der Waals surface area (Å²) in [6.07, 6.45) is 21.9. The number of aliphatic hydroxyl groups is 1. The molecular formula is C30H36ClN5O2. The second-order valence-corrected chi connectivity index (χ2v) is 10.7. The van der Waals surface area contributed by atoms with Gasteiger partial charge in [-0.3, -0.25) is 14.6 Å². The lowest BCUT2D eigenvalue weighted by molar-refractivity contribution is -0.122. The van der Waals surface area contributed by atoms with Crippen LogP contribution in [0.25, 0.3) is 11.2 Å².